The minimum atomic E-state index is -1.01. The second-order valence-corrected chi connectivity index (χ2v) is 8.47. The van der Waals surface area contributed by atoms with Crippen LogP contribution in [0.1, 0.15) is 66.2 Å². The van der Waals surface area contributed by atoms with Crippen molar-refractivity contribution in [2.24, 2.45) is 0 Å². The summed E-state index contributed by atoms with van der Waals surface area (Å²) in [6.45, 7) is 6.51. The Morgan fingerprint density at radius 3 is 2.86 bits per heavy atom. The number of aromatic nitrogens is 2. The molecule has 2 aliphatic rings. The lowest BCUT2D eigenvalue weighted by Gasteiger charge is -2.26. The number of fused-ring (bicyclic) bond motifs is 1. The minimum absolute atomic E-state index is 0.0760. The van der Waals surface area contributed by atoms with Crippen molar-refractivity contribution in [3.63, 3.8) is 0 Å². The number of methoxy groups -OCH3 is 1. The maximum absolute atomic E-state index is 14.4. The molecule has 2 aromatic rings. The molecule has 1 aliphatic heterocycles. The molecule has 0 unspecified atom stereocenters. The number of carbonyl (C=O) groups is 1. The number of halogens is 1. The molecule has 1 fully saturated rings. The van der Waals surface area contributed by atoms with Crippen molar-refractivity contribution in [3.8, 4) is 5.75 Å². The molecule has 156 valence electrons. The van der Waals surface area contributed by atoms with E-state index in [4.69, 9.17) is 9.84 Å². The van der Waals surface area contributed by atoms with Crippen molar-refractivity contribution in [3.05, 3.63) is 46.3 Å². The number of amides is 1. The fourth-order valence-electron chi connectivity index (χ4n) is 4.97. The average molecular weight is 400 g/mol. The molecule has 0 spiro atoms. The van der Waals surface area contributed by atoms with Crippen molar-refractivity contribution in [2.45, 2.75) is 71.1 Å². The van der Waals surface area contributed by atoms with Gasteiger partial charge >= 0.3 is 0 Å². The molecule has 1 aliphatic carbocycles. The highest BCUT2D eigenvalue weighted by Crippen LogP contribution is 2.38. The van der Waals surface area contributed by atoms with E-state index in [0.717, 1.165) is 41.1 Å². The van der Waals surface area contributed by atoms with E-state index >= 15 is 0 Å². The third-order valence-electron chi connectivity index (χ3n) is 6.65. The number of nitrogens with zero attached hydrogens (tertiary/aromatic N) is 3. The second kappa shape index (κ2) is 7.81. The predicted octanol–water partition coefficient (Wildman–Crippen LogP) is 4.26. The van der Waals surface area contributed by atoms with E-state index in [0.29, 0.717) is 12.3 Å². The number of hydrogen-bond donors (Lipinski definition) is 0. The first-order valence-corrected chi connectivity index (χ1v) is 10.5. The van der Waals surface area contributed by atoms with Crippen LogP contribution in [0, 0.1) is 13.8 Å². The van der Waals surface area contributed by atoms with Gasteiger partial charge in [0.15, 0.2) is 0 Å². The maximum Gasteiger partial charge on any atom is 0.244 e. The molecule has 1 aromatic carbocycles. The lowest BCUT2D eigenvalue weighted by atomic mass is 9.88. The summed E-state index contributed by atoms with van der Waals surface area (Å²) in [7, 11) is 1.63. The summed E-state index contributed by atoms with van der Waals surface area (Å²) in [5.41, 5.74) is 5.42. The fraction of sp³-hybridized carbons (Fsp3) is 0.565. The van der Waals surface area contributed by atoms with E-state index in [2.05, 4.69) is 6.92 Å². The van der Waals surface area contributed by atoms with Crippen LogP contribution < -0.4 is 4.74 Å². The molecule has 4 rings (SSSR count). The van der Waals surface area contributed by atoms with Crippen molar-refractivity contribution in [1.82, 2.24) is 14.7 Å². The highest BCUT2D eigenvalue weighted by atomic mass is 19.1. The minimum Gasteiger partial charge on any atom is -0.496 e. The molecular weight excluding hydrogens is 369 g/mol. The molecule has 6 heteroatoms. The first-order chi connectivity index (χ1) is 13.9. The van der Waals surface area contributed by atoms with Crippen LogP contribution in [0.2, 0.25) is 0 Å². The molecule has 2 heterocycles. The van der Waals surface area contributed by atoms with Crippen LogP contribution in [-0.2, 0) is 17.8 Å². The molecule has 0 bridgehead atoms. The fourth-order valence-corrected chi connectivity index (χ4v) is 4.97. The molecule has 1 amide bonds. The molecule has 0 saturated carbocycles. The van der Waals surface area contributed by atoms with Gasteiger partial charge in [0.25, 0.3) is 0 Å². The van der Waals surface area contributed by atoms with Gasteiger partial charge in [-0.05, 0) is 55.9 Å². The molecule has 29 heavy (non-hydrogen) atoms. The lowest BCUT2D eigenvalue weighted by Crippen LogP contribution is -2.35. The molecule has 1 saturated heterocycles. The Kier molecular flexibility index (Phi) is 5.36. The largest absolute Gasteiger partial charge is 0.496 e. The van der Waals surface area contributed by atoms with Gasteiger partial charge < -0.3 is 9.64 Å². The Balaban J connectivity index is 1.60. The monoisotopic (exact) mass is 399 g/mol. The Morgan fingerprint density at radius 1 is 1.34 bits per heavy atom. The van der Waals surface area contributed by atoms with Gasteiger partial charge in [0.1, 0.15) is 18.5 Å². The van der Waals surface area contributed by atoms with Crippen molar-refractivity contribution < 1.29 is 13.9 Å². The zero-order chi connectivity index (χ0) is 20.7. The number of rotatable bonds is 4. The number of benzene rings is 1. The van der Waals surface area contributed by atoms with E-state index in [-0.39, 0.29) is 25.0 Å². The topological polar surface area (TPSA) is 47.4 Å². The summed E-state index contributed by atoms with van der Waals surface area (Å²) in [6, 6.07) is 5.51. The van der Waals surface area contributed by atoms with Gasteiger partial charge in [0.05, 0.1) is 25.4 Å². The van der Waals surface area contributed by atoms with Crippen molar-refractivity contribution in [1.29, 1.82) is 0 Å². The van der Waals surface area contributed by atoms with Crippen LogP contribution in [0.15, 0.2) is 18.2 Å². The van der Waals surface area contributed by atoms with Crippen LogP contribution in [0.5, 0.6) is 5.75 Å². The van der Waals surface area contributed by atoms with E-state index in [1.165, 1.54) is 12.0 Å². The second-order valence-electron chi connectivity index (χ2n) is 8.47. The molecule has 1 aromatic heterocycles. The molecule has 5 nitrogen and oxygen atoms in total. The first kappa shape index (κ1) is 19.9. The SMILES string of the molecule is COc1cccc([C@@H]2C[C@H](F)CN2C(=O)Cn2nc3c(c2C)CCC[C@@H]3C)c1C. The number of carbonyl (C=O) groups excluding carboxylic acids is 1. The normalized spacial score (nSPS) is 23.9. The van der Waals surface area contributed by atoms with Gasteiger partial charge in [-0.3, -0.25) is 9.48 Å². The Bertz CT molecular complexity index is 923. The van der Waals surface area contributed by atoms with E-state index in [1.807, 2.05) is 36.7 Å². The van der Waals surface area contributed by atoms with Gasteiger partial charge in [0, 0.05) is 18.0 Å². The molecule has 0 N–H and O–H groups in total. The highest BCUT2D eigenvalue weighted by Gasteiger charge is 2.37. The summed E-state index contributed by atoms with van der Waals surface area (Å²) < 4.78 is 21.6. The number of ether oxygens (including phenoxy) is 1. The van der Waals surface area contributed by atoms with Gasteiger partial charge in [-0.2, -0.15) is 5.10 Å². The summed E-state index contributed by atoms with van der Waals surface area (Å²) in [4.78, 5) is 14.9. The quantitative estimate of drug-likeness (QED) is 0.772. The van der Waals surface area contributed by atoms with Crippen LogP contribution in [0.3, 0.4) is 0 Å². The Morgan fingerprint density at radius 2 is 2.14 bits per heavy atom. The van der Waals surface area contributed by atoms with Crippen LogP contribution >= 0.6 is 0 Å². The molecule has 3 atom stereocenters. The van der Waals surface area contributed by atoms with Crippen LogP contribution in [-0.4, -0.2) is 40.4 Å². The van der Waals surface area contributed by atoms with Gasteiger partial charge in [-0.1, -0.05) is 19.1 Å². The van der Waals surface area contributed by atoms with Crippen LogP contribution in [0.4, 0.5) is 4.39 Å². The van der Waals surface area contributed by atoms with E-state index in [1.54, 1.807) is 12.0 Å². The lowest BCUT2D eigenvalue weighted by molar-refractivity contribution is -0.133. The summed E-state index contributed by atoms with van der Waals surface area (Å²) in [6.07, 6.45) is 2.65. The third-order valence-corrected chi connectivity index (χ3v) is 6.65. The van der Waals surface area contributed by atoms with E-state index in [9.17, 15) is 9.18 Å². The zero-order valence-electron chi connectivity index (χ0n) is 17.7. The van der Waals surface area contributed by atoms with Crippen molar-refractivity contribution in [2.75, 3.05) is 13.7 Å². The van der Waals surface area contributed by atoms with E-state index < -0.39 is 6.17 Å². The average Bonchev–Trinajstić information content (AvgIpc) is 3.24. The van der Waals surface area contributed by atoms with Gasteiger partial charge in [-0.25, -0.2) is 4.39 Å². The Hall–Kier alpha value is -2.37. The van der Waals surface area contributed by atoms with Crippen LogP contribution in [0.25, 0.3) is 0 Å². The number of alkyl halides is 1. The molecule has 0 radical (unpaired) electrons. The van der Waals surface area contributed by atoms with Gasteiger partial charge in [-0.15, -0.1) is 0 Å². The van der Waals surface area contributed by atoms with Gasteiger partial charge in [0.2, 0.25) is 5.91 Å². The number of likely N-dealkylation sites (tertiary alicyclic amines) is 1. The van der Waals surface area contributed by atoms with Crippen molar-refractivity contribution >= 4 is 5.91 Å². The smallest absolute Gasteiger partial charge is 0.244 e. The maximum atomic E-state index is 14.4. The Labute approximate surface area is 171 Å². The number of hydrogen-bond acceptors (Lipinski definition) is 3. The predicted molar refractivity (Wildman–Crippen MR) is 110 cm³/mol. The zero-order valence-corrected chi connectivity index (χ0v) is 17.7. The molecular formula is C23H30FN3O2. The summed E-state index contributed by atoms with van der Waals surface area (Å²) in [5, 5.41) is 4.76. The highest BCUT2D eigenvalue weighted by molar-refractivity contribution is 5.77. The standard InChI is InChI=1S/C23H30FN3O2/c1-14-7-5-9-19-16(3)27(25-23(14)19)13-22(28)26-12-17(24)11-20(26)18-8-6-10-21(29-4)15(18)2/h6,8,10,14,17,20H,5,7,9,11-13H2,1-4H3/t14-,17-,20-/m0/s1. The first-order valence-electron chi connectivity index (χ1n) is 10.5. The summed E-state index contributed by atoms with van der Waals surface area (Å²) in [5.74, 6) is 1.12. The summed E-state index contributed by atoms with van der Waals surface area (Å²) >= 11 is 0. The third kappa shape index (κ3) is 3.53.